The van der Waals surface area contributed by atoms with Gasteiger partial charge in [0.1, 0.15) is 0 Å². The van der Waals surface area contributed by atoms with Gasteiger partial charge in [-0.05, 0) is 31.0 Å². The predicted octanol–water partition coefficient (Wildman–Crippen LogP) is 5.31. The third-order valence-corrected chi connectivity index (χ3v) is 4.57. The van der Waals surface area contributed by atoms with Crippen LogP contribution in [-0.2, 0) is 6.54 Å². The Bertz CT molecular complexity index is 612. The summed E-state index contributed by atoms with van der Waals surface area (Å²) in [6.45, 7) is 4.81. The van der Waals surface area contributed by atoms with E-state index in [4.69, 9.17) is 34.8 Å². The maximum absolute atomic E-state index is 6.22. The lowest BCUT2D eigenvalue weighted by Gasteiger charge is -2.17. The second kappa shape index (κ2) is 7.48. The highest BCUT2D eigenvalue weighted by atomic mass is 35.5. The zero-order valence-electron chi connectivity index (χ0n) is 11.9. The van der Waals surface area contributed by atoms with Crippen molar-refractivity contribution < 1.29 is 0 Å². The molecule has 21 heavy (non-hydrogen) atoms. The number of benzene rings is 2. The van der Waals surface area contributed by atoms with Gasteiger partial charge in [0.15, 0.2) is 0 Å². The van der Waals surface area contributed by atoms with Crippen LogP contribution in [0.1, 0.15) is 29.7 Å². The highest BCUT2D eigenvalue weighted by Gasteiger charge is 2.13. The molecule has 0 saturated heterocycles. The minimum Gasteiger partial charge on any atom is -0.253 e. The first-order valence-corrected chi connectivity index (χ1v) is 7.79. The first-order valence-electron chi connectivity index (χ1n) is 6.66. The first kappa shape index (κ1) is 16.6. The lowest BCUT2D eigenvalue weighted by molar-refractivity contribution is 0.460. The van der Waals surface area contributed by atoms with Crippen LogP contribution in [0, 0.1) is 6.92 Å². The molecule has 0 bridgehead atoms. The van der Waals surface area contributed by atoms with Crippen molar-refractivity contribution in [3.8, 4) is 0 Å². The molecule has 2 rings (SSSR count). The first-order chi connectivity index (χ1) is 9.99. The van der Waals surface area contributed by atoms with E-state index in [0.29, 0.717) is 15.1 Å². The lowest BCUT2D eigenvalue weighted by atomic mass is 10.1. The molecule has 2 aromatic carbocycles. The number of aryl methyl sites for hydroxylation is 1. The summed E-state index contributed by atoms with van der Waals surface area (Å²) in [5.74, 6) is 0. The van der Waals surface area contributed by atoms with Crippen molar-refractivity contribution in [1.29, 1.82) is 0 Å². The van der Waals surface area contributed by atoms with Crippen LogP contribution in [0.2, 0.25) is 15.1 Å². The van der Waals surface area contributed by atoms with Gasteiger partial charge < -0.3 is 0 Å². The molecule has 1 atom stereocenters. The number of nitrogens with one attached hydrogen (secondary N) is 2. The summed E-state index contributed by atoms with van der Waals surface area (Å²) in [7, 11) is 0. The molecule has 2 N–H and O–H groups in total. The Kier molecular flexibility index (Phi) is 5.91. The molecule has 0 heterocycles. The van der Waals surface area contributed by atoms with Crippen molar-refractivity contribution in [2.75, 3.05) is 0 Å². The molecule has 0 radical (unpaired) electrons. The van der Waals surface area contributed by atoms with E-state index in [1.54, 1.807) is 6.07 Å². The fourth-order valence-corrected chi connectivity index (χ4v) is 2.67. The smallest absolute Gasteiger partial charge is 0.0781 e. The molecule has 2 aromatic rings. The Hall–Kier alpha value is -0.770. The van der Waals surface area contributed by atoms with Crippen molar-refractivity contribution in [2.45, 2.75) is 26.4 Å². The SMILES string of the molecule is Cc1ccc(CNNC(C)c2ccc(Cl)c(Cl)c2Cl)cc1. The molecule has 5 heteroatoms. The highest BCUT2D eigenvalue weighted by Crippen LogP contribution is 2.35. The fraction of sp³-hybridized carbons (Fsp3) is 0.250. The Morgan fingerprint density at radius 3 is 2.29 bits per heavy atom. The summed E-state index contributed by atoms with van der Waals surface area (Å²) in [6.07, 6.45) is 0. The molecule has 0 aliphatic heterocycles. The van der Waals surface area contributed by atoms with E-state index in [-0.39, 0.29) is 6.04 Å². The van der Waals surface area contributed by atoms with Gasteiger partial charge in [0.25, 0.3) is 0 Å². The van der Waals surface area contributed by atoms with Crippen LogP contribution in [-0.4, -0.2) is 0 Å². The molecule has 0 spiro atoms. The third-order valence-electron chi connectivity index (χ3n) is 3.26. The summed E-state index contributed by atoms with van der Waals surface area (Å²) in [5.41, 5.74) is 9.78. The summed E-state index contributed by atoms with van der Waals surface area (Å²) in [6, 6.07) is 12.0. The van der Waals surface area contributed by atoms with E-state index in [1.165, 1.54) is 11.1 Å². The molecule has 0 aromatic heterocycles. The zero-order valence-corrected chi connectivity index (χ0v) is 14.2. The van der Waals surface area contributed by atoms with Crippen molar-refractivity contribution in [1.82, 2.24) is 10.9 Å². The molecule has 0 amide bonds. The van der Waals surface area contributed by atoms with E-state index in [9.17, 15) is 0 Å². The van der Waals surface area contributed by atoms with Gasteiger partial charge in [-0.25, -0.2) is 0 Å². The van der Waals surface area contributed by atoms with Crippen LogP contribution in [0.4, 0.5) is 0 Å². The molecular weight excluding hydrogens is 327 g/mol. The topological polar surface area (TPSA) is 24.1 Å². The summed E-state index contributed by atoms with van der Waals surface area (Å²) in [4.78, 5) is 0. The van der Waals surface area contributed by atoms with Crippen LogP contribution in [0.15, 0.2) is 36.4 Å². The Labute approximate surface area is 140 Å². The Morgan fingerprint density at radius 2 is 1.62 bits per heavy atom. The van der Waals surface area contributed by atoms with Crippen molar-refractivity contribution in [2.24, 2.45) is 0 Å². The van der Waals surface area contributed by atoms with Gasteiger partial charge in [-0.2, -0.15) is 0 Å². The average Bonchev–Trinajstić information content (AvgIpc) is 2.47. The second-order valence-electron chi connectivity index (χ2n) is 4.97. The van der Waals surface area contributed by atoms with Gasteiger partial charge in [0, 0.05) is 12.6 Å². The molecule has 0 fully saturated rings. The number of hydrazine groups is 1. The third kappa shape index (κ3) is 4.35. The largest absolute Gasteiger partial charge is 0.253 e. The maximum atomic E-state index is 6.22. The van der Waals surface area contributed by atoms with Gasteiger partial charge in [0.2, 0.25) is 0 Å². The van der Waals surface area contributed by atoms with Gasteiger partial charge in [-0.15, -0.1) is 0 Å². The summed E-state index contributed by atoms with van der Waals surface area (Å²) in [5, 5.41) is 1.34. The van der Waals surface area contributed by atoms with E-state index in [0.717, 1.165) is 12.1 Å². The van der Waals surface area contributed by atoms with Gasteiger partial charge in [0.05, 0.1) is 15.1 Å². The van der Waals surface area contributed by atoms with Crippen molar-refractivity contribution in [3.63, 3.8) is 0 Å². The van der Waals surface area contributed by atoms with Crippen molar-refractivity contribution >= 4 is 34.8 Å². The molecule has 0 aliphatic carbocycles. The minimum absolute atomic E-state index is 0.0118. The van der Waals surface area contributed by atoms with E-state index < -0.39 is 0 Å². The standard InChI is InChI=1S/C16H17Cl3N2/c1-10-3-5-12(6-4-10)9-20-21-11(2)13-7-8-14(17)16(19)15(13)18/h3-8,11,20-21H,9H2,1-2H3. The molecular formula is C16H17Cl3N2. The zero-order chi connectivity index (χ0) is 15.4. The number of rotatable bonds is 5. The Morgan fingerprint density at radius 1 is 0.952 bits per heavy atom. The molecule has 0 saturated carbocycles. The highest BCUT2D eigenvalue weighted by molar-refractivity contribution is 6.48. The molecule has 2 nitrogen and oxygen atoms in total. The number of hydrogen-bond acceptors (Lipinski definition) is 2. The summed E-state index contributed by atoms with van der Waals surface area (Å²) < 4.78 is 0. The van der Waals surface area contributed by atoms with Crippen molar-refractivity contribution in [3.05, 3.63) is 68.2 Å². The van der Waals surface area contributed by atoms with Gasteiger partial charge >= 0.3 is 0 Å². The number of halogens is 3. The maximum Gasteiger partial charge on any atom is 0.0781 e. The molecule has 0 aliphatic rings. The Balaban J connectivity index is 1.94. The van der Waals surface area contributed by atoms with Crippen LogP contribution >= 0.6 is 34.8 Å². The molecule has 1 unspecified atom stereocenters. The van der Waals surface area contributed by atoms with Gasteiger partial charge in [-0.3, -0.25) is 10.9 Å². The van der Waals surface area contributed by atoms with Crippen LogP contribution in [0.25, 0.3) is 0 Å². The van der Waals surface area contributed by atoms with Crippen LogP contribution in [0.3, 0.4) is 0 Å². The van der Waals surface area contributed by atoms with Crippen LogP contribution in [0.5, 0.6) is 0 Å². The van der Waals surface area contributed by atoms with E-state index in [1.807, 2.05) is 13.0 Å². The van der Waals surface area contributed by atoms with E-state index in [2.05, 4.69) is 42.0 Å². The lowest BCUT2D eigenvalue weighted by Crippen LogP contribution is -2.33. The second-order valence-corrected chi connectivity index (χ2v) is 6.13. The monoisotopic (exact) mass is 342 g/mol. The normalized spacial score (nSPS) is 12.4. The molecule has 112 valence electrons. The quantitative estimate of drug-likeness (QED) is 0.568. The predicted molar refractivity (Wildman–Crippen MR) is 91.0 cm³/mol. The fourth-order valence-electron chi connectivity index (χ4n) is 1.97. The summed E-state index contributed by atoms with van der Waals surface area (Å²) >= 11 is 18.2. The van der Waals surface area contributed by atoms with Gasteiger partial charge in [-0.1, -0.05) is 70.7 Å². The average molecular weight is 344 g/mol. The van der Waals surface area contributed by atoms with Crippen LogP contribution < -0.4 is 10.9 Å². The number of hydrogen-bond donors (Lipinski definition) is 2. The minimum atomic E-state index is 0.0118. The van der Waals surface area contributed by atoms with E-state index >= 15 is 0 Å².